The van der Waals surface area contributed by atoms with Crippen LogP contribution in [0.5, 0.6) is 0 Å². The van der Waals surface area contributed by atoms with Crippen molar-refractivity contribution in [2.75, 3.05) is 0 Å². The Morgan fingerprint density at radius 2 is 2.17 bits per heavy atom. The van der Waals surface area contributed by atoms with Gasteiger partial charge in [0.1, 0.15) is 5.82 Å². The second kappa shape index (κ2) is 4.80. The van der Waals surface area contributed by atoms with E-state index in [0.29, 0.717) is 11.6 Å². The summed E-state index contributed by atoms with van der Waals surface area (Å²) in [5.74, 6) is 0.106. The van der Waals surface area contributed by atoms with Crippen LogP contribution in [0.25, 0.3) is 11.0 Å². The molecule has 1 unspecified atom stereocenters. The van der Waals surface area contributed by atoms with Crippen LogP contribution < -0.4 is 0 Å². The van der Waals surface area contributed by atoms with Gasteiger partial charge in [0.15, 0.2) is 0 Å². The van der Waals surface area contributed by atoms with E-state index in [-0.39, 0.29) is 0 Å². The zero-order valence-electron chi connectivity index (χ0n) is 11.0. The van der Waals surface area contributed by atoms with Crippen LogP contribution in [0.2, 0.25) is 0 Å². The van der Waals surface area contributed by atoms with Crippen molar-refractivity contribution in [3.63, 3.8) is 0 Å². The molecule has 1 aromatic carbocycles. The van der Waals surface area contributed by atoms with Crippen LogP contribution >= 0.6 is 0 Å². The minimum Gasteiger partial charge on any atom is -0.478 e. The first-order valence-electron chi connectivity index (χ1n) is 6.32. The maximum atomic E-state index is 11.0. The summed E-state index contributed by atoms with van der Waals surface area (Å²) in [6, 6.07) is 5.53. The van der Waals surface area contributed by atoms with E-state index in [9.17, 15) is 4.79 Å². The predicted molar refractivity (Wildman–Crippen MR) is 71.1 cm³/mol. The van der Waals surface area contributed by atoms with Crippen molar-refractivity contribution < 1.29 is 9.90 Å². The number of aryl methyl sites for hydroxylation is 1. The Morgan fingerprint density at radius 3 is 2.72 bits per heavy atom. The molecular weight excluding hydrogens is 228 g/mol. The van der Waals surface area contributed by atoms with Gasteiger partial charge in [-0.1, -0.05) is 13.8 Å². The van der Waals surface area contributed by atoms with Gasteiger partial charge in [-0.3, -0.25) is 0 Å². The smallest absolute Gasteiger partial charge is 0.335 e. The molecule has 0 aliphatic carbocycles. The highest BCUT2D eigenvalue weighted by molar-refractivity contribution is 5.92. The van der Waals surface area contributed by atoms with Crippen LogP contribution in [0.3, 0.4) is 0 Å². The molecule has 2 aromatic rings. The molecule has 0 radical (unpaired) electrons. The molecule has 1 N–H and O–H groups in total. The Labute approximate surface area is 106 Å². The number of carboxylic acid groups (broad SMARTS) is 1. The normalized spacial score (nSPS) is 12.8. The van der Waals surface area contributed by atoms with E-state index in [4.69, 9.17) is 5.11 Å². The molecule has 0 bridgehead atoms. The van der Waals surface area contributed by atoms with Crippen molar-refractivity contribution in [2.45, 2.75) is 39.7 Å². The van der Waals surface area contributed by atoms with Gasteiger partial charge in [0, 0.05) is 12.5 Å². The van der Waals surface area contributed by atoms with Crippen LogP contribution in [0.15, 0.2) is 18.2 Å². The van der Waals surface area contributed by atoms with Crippen molar-refractivity contribution in [3.05, 3.63) is 29.6 Å². The van der Waals surface area contributed by atoms with Gasteiger partial charge in [-0.05, 0) is 31.5 Å². The van der Waals surface area contributed by atoms with Gasteiger partial charge in [-0.2, -0.15) is 0 Å². The third-order valence-corrected chi connectivity index (χ3v) is 3.36. The molecule has 18 heavy (non-hydrogen) atoms. The van der Waals surface area contributed by atoms with Gasteiger partial charge in [0.25, 0.3) is 0 Å². The predicted octanol–water partition coefficient (Wildman–Crippen LogP) is 3.27. The second-order valence-corrected chi connectivity index (χ2v) is 4.52. The molecule has 4 nitrogen and oxygen atoms in total. The van der Waals surface area contributed by atoms with Gasteiger partial charge >= 0.3 is 5.97 Å². The molecule has 0 saturated heterocycles. The van der Waals surface area contributed by atoms with Crippen LogP contribution in [0.1, 0.15) is 49.4 Å². The van der Waals surface area contributed by atoms with Crippen LogP contribution in [0.4, 0.5) is 0 Å². The fourth-order valence-electron chi connectivity index (χ4n) is 2.21. The molecule has 1 atom stereocenters. The van der Waals surface area contributed by atoms with Crippen LogP contribution in [-0.2, 0) is 6.42 Å². The van der Waals surface area contributed by atoms with Crippen molar-refractivity contribution in [1.82, 2.24) is 9.55 Å². The Balaban J connectivity index is 2.66. The SMILES string of the molecule is CCc1nc2cc(C(=O)O)ccc2n1C(C)CC. The molecule has 0 spiro atoms. The zero-order chi connectivity index (χ0) is 13.3. The lowest BCUT2D eigenvalue weighted by molar-refractivity contribution is 0.0697. The zero-order valence-corrected chi connectivity index (χ0v) is 11.0. The van der Waals surface area contributed by atoms with E-state index >= 15 is 0 Å². The molecule has 0 fully saturated rings. The maximum absolute atomic E-state index is 11.0. The highest BCUT2D eigenvalue weighted by Gasteiger charge is 2.15. The minimum absolute atomic E-state index is 0.291. The number of fused-ring (bicyclic) bond motifs is 1. The van der Waals surface area contributed by atoms with Crippen molar-refractivity contribution in [3.8, 4) is 0 Å². The lowest BCUT2D eigenvalue weighted by atomic mass is 10.2. The van der Waals surface area contributed by atoms with Crippen molar-refractivity contribution >= 4 is 17.0 Å². The van der Waals surface area contributed by atoms with E-state index in [1.165, 1.54) is 0 Å². The molecule has 1 aromatic heterocycles. The molecular formula is C14H18N2O2. The largest absolute Gasteiger partial charge is 0.478 e. The molecule has 4 heteroatoms. The number of aromatic nitrogens is 2. The first kappa shape index (κ1) is 12.6. The second-order valence-electron chi connectivity index (χ2n) is 4.52. The summed E-state index contributed by atoms with van der Waals surface area (Å²) >= 11 is 0. The number of aromatic carboxylic acids is 1. The lowest BCUT2D eigenvalue weighted by Gasteiger charge is -2.15. The highest BCUT2D eigenvalue weighted by Crippen LogP contribution is 2.24. The van der Waals surface area contributed by atoms with Gasteiger partial charge in [0.2, 0.25) is 0 Å². The van der Waals surface area contributed by atoms with E-state index in [1.54, 1.807) is 12.1 Å². The number of hydrogen-bond donors (Lipinski definition) is 1. The molecule has 96 valence electrons. The van der Waals surface area contributed by atoms with Crippen molar-refractivity contribution in [1.29, 1.82) is 0 Å². The molecule has 0 aliphatic rings. The van der Waals surface area contributed by atoms with E-state index < -0.39 is 5.97 Å². The number of carbonyl (C=O) groups is 1. The molecule has 2 rings (SSSR count). The molecule has 0 aliphatic heterocycles. The first-order chi connectivity index (χ1) is 8.58. The maximum Gasteiger partial charge on any atom is 0.335 e. The van der Waals surface area contributed by atoms with Gasteiger partial charge in [-0.25, -0.2) is 9.78 Å². The number of rotatable bonds is 4. The summed E-state index contributed by atoms with van der Waals surface area (Å²) in [7, 11) is 0. The van der Waals surface area contributed by atoms with E-state index in [1.807, 2.05) is 6.07 Å². The third-order valence-electron chi connectivity index (χ3n) is 3.36. The summed E-state index contributed by atoms with van der Waals surface area (Å²) in [4.78, 5) is 15.5. The Kier molecular flexibility index (Phi) is 3.36. The average molecular weight is 246 g/mol. The highest BCUT2D eigenvalue weighted by atomic mass is 16.4. The quantitative estimate of drug-likeness (QED) is 0.900. The molecule has 1 heterocycles. The lowest BCUT2D eigenvalue weighted by Crippen LogP contribution is -2.07. The number of imidazole rings is 1. The standard InChI is InChI=1S/C14H18N2O2/c1-4-9(3)16-12-7-6-10(14(17)18)8-11(12)15-13(16)5-2/h6-9H,4-5H2,1-3H3,(H,17,18). The Bertz CT molecular complexity index is 587. The van der Waals surface area contributed by atoms with Gasteiger partial charge in [0.05, 0.1) is 16.6 Å². The number of nitrogens with zero attached hydrogens (tertiary/aromatic N) is 2. The van der Waals surface area contributed by atoms with Crippen LogP contribution in [-0.4, -0.2) is 20.6 Å². The number of benzene rings is 1. The summed E-state index contributed by atoms with van der Waals surface area (Å²) in [5.41, 5.74) is 2.08. The van der Waals surface area contributed by atoms with Crippen LogP contribution in [0, 0.1) is 0 Å². The Hall–Kier alpha value is -1.84. The monoisotopic (exact) mass is 246 g/mol. The third kappa shape index (κ3) is 1.98. The minimum atomic E-state index is -0.909. The number of hydrogen-bond acceptors (Lipinski definition) is 2. The first-order valence-corrected chi connectivity index (χ1v) is 6.32. The summed E-state index contributed by atoms with van der Waals surface area (Å²) in [6.45, 7) is 6.37. The summed E-state index contributed by atoms with van der Waals surface area (Å²) < 4.78 is 2.21. The fraction of sp³-hybridized carbons (Fsp3) is 0.429. The topological polar surface area (TPSA) is 55.1 Å². The molecule has 0 amide bonds. The van der Waals surface area contributed by atoms with E-state index in [2.05, 4.69) is 30.3 Å². The summed E-state index contributed by atoms with van der Waals surface area (Å²) in [5, 5.41) is 9.00. The van der Waals surface area contributed by atoms with Crippen molar-refractivity contribution in [2.24, 2.45) is 0 Å². The summed E-state index contributed by atoms with van der Waals surface area (Å²) in [6.07, 6.45) is 1.88. The fourth-order valence-corrected chi connectivity index (χ4v) is 2.21. The van der Waals surface area contributed by atoms with Gasteiger partial charge in [-0.15, -0.1) is 0 Å². The van der Waals surface area contributed by atoms with E-state index in [0.717, 1.165) is 29.7 Å². The average Bonchev–Trinajstić information content (AvgIpc) is 2.74. The molecule has 0 saturated carbocycles. The number of carboxylic acids is 1. The van der Waals surface area contributed by atoms with Gasteiger partial charge < -0.3 is 9.67 Å². The Morgan fingerprint density at radius 1 is 1.44 bits per heavy atom.